The molecule has 0 radical (unpaired) electrons. The lowest BCUT2D eigenvalue weighted by Crippen LogP contribution is -2.48. The second kappa shape index (κ2) is 10.8. The zero-order valence-corrected chi connectivity index (χ0v) is 19.6. The minimum atomic E-state index is 0.0735. The third kappa shape index (κ3) is 5.90. The Hall–Kier alpha value is -2.94. The SMILES string of the molecule is CCCCC(=O)NC1CCCN(c2nc(Nc3cncc(N4CCCC4=O)c3)ncc2Cl)C1. The van der Waals surface area contributed by atoms with E-state index in [2.05, 4.69) is 37.4 Å². The van der Waals surface area contributed by atoms with E-state index in [1.807, 2.05) is 6.07 Å². The molecule has 10 heteroatoms. The molecule has 0 bridgehead atoms. The highest BCUT2D eigenvalue weighted by atomic mass is 35.5. The van der Waals surface area contributed by atoms with Crippen LogP contribution in [-0.4, -0.2) is 52.4 Å². The molecule has 2 aromatic heterocycles. The summed E-state index contributed by atoms with van der Waals surface area (Å²) >= 11 is 6.44. The second-order valence-corrected chi connectivity index (χ2v) is 8.93. The number of carbonyl (C=O) groups excluding carboxylic acids is 2. The fourth-order valence-corrected chi connectivity index (χ4v) is 4.47. The first-order chi connectivity index (χ1) is 16.0. The smallest absolute Gasteiger partial charge is 0.229 e. The number of hydrogen-bond donors (Lipinski definition) is 2. The predicted molar refractivity (Wildman–Crippen MR) is 129 cm³/mol. The summed E-state index contributed by atoms with van der Waals surface area (Å²) in [5.41, 5.74) is 1.45. The van der Waals surface area contributed by atoms with Crippen LogP contribution in [0.15, 0.2) is 24.7 Å². The Morgan fingerprint density at radius 3 is 2.91 bits per heavy atom. The Labute approximate surface area is 198 Å². The van der Waals surface area contributed by atoms with Gasteiger partial charge in [0.05, 0.1) is 30.0 Å². The maximum absolute atomic E-state index is 12.2. The maximum atomic E-state index is 12.2. The van der Waals surface area contributed by atoms with Crippen LogP contribution < -0.4 is 20.4 Å². The lowest BCUT2D eigenvalue weighted by Gasteiger charge is -2.34. The molecule has 2 aliphatic heterocycles. The minimum absolute atomic E-state index is 0.0735. The molecule has 0 spiro atoms. The number of nitrogens with one attached hydrogen (secondary N) is 2. The van der Waals surface area contributed by atoms with Crippen LogP contribution in [0, 0.1) is 0 Å². The molecular formula is C23H30ClN7O2. The van der Waals surface area contributed by atoms with Gasteiger partial charge in [-0.1, -0.05) is 24.9 Å². The van der Waals surface area contributed by atoms with Gasteiger partial charge in [-0.05, 0) is 31.7 Å². The van der Waals surface area contributed by atoms with E-state index in [0.29, 0.717) is 48.4 Å². The average Bonchev–Trinajstić information content (AvgIpc) is 3.25. The summed E-state index contributed by atoms with van der Waals surface area (Å²) in [6.07, 6.45) is 10.7. The molecule has 0 aliphatic carbocycles. The third-order valence-electron chi connectivity index (χ3n) is 5.93. The van der Waals surface area contributed by atoms with Gasteiger partial charge in [0.25, 0.3) is 0 Å². The van der Waals surface area contributed by atoms with E-state index in [1.165, 1.54) is 0 Å². The molecule has 1 atom stereocenters. The molecule has 2 aromatic rings. The van der Waals surface area contributed by atoms with Crippen molar-refractivity contribution in [1.29, 1.82) is 0 Å². The number of carbonyl (C=O) groups is 2. The zero-order chi connectivity index (χ0) is 23.2. The fraction of sp³-hybridized carbons (Fsp3) is 0.522. The molecule has 2 amide bonds. The van der Waals surface area contributed by atoms with Gasteiger partial charge in [0.15, 0.2) is 5.82 Å². The van der Waals surface area contributed by atoms with Crippen molar-refractivity contribution in [3.05, 3.63) is 29.7 Å². The van der Waals surface area contributed by atoms with Crippen LogP contribution in [0.5, 0.6) is 0 Å². The molecule has 9 nitrogen and oxygen atoms in total. The van der Waals surface area contributed by atoms with E-state index in [-0.39, 0.29) is 17.9 Å². The normalized spacial score (nSPS) is 18.5. The monoisotopic (exact) mass is 471 g/mol. The Morgan fingerprint density at radius 1 is 1.24 bits per heavy atom. The lowest BCUT2D eigenvalue weighted by molar-refractivity contribution is -0.122. The maximum Gasteiger partial charge on any atom is 0.229 e. The Kier molecular flexibility index (Phi) is 7.59. The van der Waals surface area contributed by atoms with Crippen molar-refractivity contribution in [2.24, 2.45) is 0 Å². The van der Waals surface area contributed by atoms with Crippen molar-refractivity contribution in [2.75, 3.05) is 34.8 Å². The largest absolute Gasteiger partial charge is 0.353 e. The number of amides is 2. The number of piperidine rings is 1. The summed E-state index contributed by atoms with van der Waals surface area (Å²) in [7, 11) is 0. The summed E-state index contributed by atoms with van der Waals surface area (Å²) in [5.74, 6) is 1.25. The number of hydrogen-bond acceptors (Lipinski definition) is 7. The molecule has 0 saturated carbocycles. The van der Waals surface area contributed by atoms with Gasteiger partial charge in [0, 0.05) is 38.5 Å². The van der Waals surface area contributed by atoms with Crippen LogP contribution in [0.4, 0.5) is 23.1 Å². The number of rotatable bonds is 8. The van der Waals surface area contributed by atoms with Gasteiger partial charge in [-0.25, -0.2) is 4.98 Å². The molecule has 1 unspecified atom stereocenters. The molecule has 4 rings (SSSR count). The summed E-state index contributed by atoms with van der Waals surface area (Å²) in [6.45, 7) is 4.25. The highest BCUT2D eigenvalue weighted by Gasteiger charge is 2.25. The van der Waals surface area contributed by atoms with Crippen molar-refractivity contribution in [1.82, 2.24) is 20.3 Å². The standard InChI is InChI=1S/C23H30ClN7O2/c1-2-3-7-20(32)27-16-6-4-9-30(15-16)22-19(24)14-26-23(29-22)28-17-11-18(13-25-12-17)31-10-5-8-21(31)33/h11-14,16H,2-10,15H2,1H3,(H,27,32)(H,26,28,29). The highest BCUT2D eigenvalue weighted by Crippen LogP contribution is 2.29. The quantitative estimate of drug-likeness (QED) is 0.605. The fourth-order valence-electron chi connectivity index (χ4n) is 4.26. The van der Waals surface area contributed by atoms with Gasteiger partial charge in [0.1, 0.15) is 5.02 Å². The summed E-state index contributed by atoms with van der Waals surface area (Å²) in [6, 6.07) is 1.95. The Morgan fingerprint density at radius 2 is 2.12 bits per heavy atom. The summed E-state index contributed by atoms with van der Waals surface area (Å²) < 4.78 is 0. The lowest BCUT2D eigenvalue weighted by atomic mass is 10.1. The van der Waals surface area contributed by atoms with E-state index >= 15 is 0 Å². The first-order valence-electron chi connectivity index (χ1n) is 11.6. The van der Waals surface area contributed by atoms with Crippen LogP contribution in [-0.2, 0) is 9.59 Å². The van der Waals surface area contributed by atoms with Crippen LogP contribution in [0.25, 0.3) is 0 Å². The molecule has 2 N–H and O–H groups in total. The van der Waals surface area contributed by atoms with Gasteiger partial charge in [-0.3, -0.25) is 14.6 Å². The molecule has 2 fully saturated rings. The molecule has 2 aliphatic rings. The van der Waals surface area contributed by atoms with E-state index < -0.39 is 0 Å². The highest BCUT2D eigenvalue weighted by molar-refractivity contribution is 6.32. The van der Waals surface area contributed by atoms with E-state index in [0.717, 1.165) is 44.3 Å². The number of aromatic nitrogens is 3. The van der Waals surface area contributed by atoms with Gasteiger partial charge in [-0.2, -0.15) is 4.98 Å². The second-order valence-electron chi connectivity index (χ2n) is 8.53. The summed E-state index contributed by atoms with van der Waals surface area (Å²) in [5, 5.41) is 6.78. The van der Waals surface area contributed by atoms with Crippen molar-refractivity contribution in [3.63, 3.8) is 0 Å². The molecule has 0 aromatic carbocycles. The molecular weight excluding hydrogens is 442 g/mol. The Bertz CT molecular complexity index is 1000. The van der Waals surface area contributed by atoms with Crippen LogP contribution in [0.2, 0.25) is 5.02 Å². The summed E-state index contributed by atoms with van der Waals surface area (Å²) in [4.78, 5) is 41.3. The van der Waals surface area contributed by atoms with Crippen molar-refractivity contribution < 1.29 is 9.59 Å². The average molecular weight is 472 g/mol. The van der Waals surface area contributed by atoms with E-state index in [4.69, 9.17) is 11.6 Å². The van der Waals surface area contributed by atoms with Gasteiger partial charge < -0.3 is 20.4 Å². The van der Waals surface area contributed by atoms with Crippen LogP contribution in [0.3, 0.4) is 0 Å². The third-order valence-corrected chi connectivity index (χ3v) is 6.20. The van der Waals surface area contributed by atoms with Crippen LogP contribution in [0.1, 0.15) is 51.9 Å². The molecule has 176 valence electrons. The number of nitrogens with zero attached hydrogens (tertiary/aromatic N) is 5. The predicted octanol–water partition coefficient (Wildman–Crippen LogP) is 3.67. The van der Waals surface area contributed by atoms with Crippen LogP contribution >= 0.6 is 11.6 Å². The first kappa shape index (κ1) is 23.2. The molecule has 2 saturated heterocycles. The van der Waals surface area contributed by atoms with Crippen molar-refractivity contribution in [2.45, 2.75) is 57.9 Å². The number of halogens is 1. The zero-order valence-electron chi connectivity index (χ0n) is 18.9. The Balaban J connectivity index is 1.45. The van der Waals surface area contributed by atoms with Crippen molar-refractivity contribution >= 4 is 46.6 Å². The number of anilines is 4. The topological polar surface area (TPSA) is 103 Å². The molecule has 4 heterocycles. The minimum Gasteiger partial charge on any atom is -0.353 e. The van der Waals surface area contributed by atoms with Gasteiger partial charge >= 0.3 is 0 Å². The van der Waals surface area contributed by atoms with Crippen molar-refractivity contribution in [3.8, 4) is 0 Å². The molecule has 33 heavy (non-hydrogen) atoms. The van der Waals surface area contributed by atoms with Gasteiger partial charge in [-0.15, -0.1) is 0 Å². The number of pyridine rings is 1. The van der Waals surface area contributed by atoms with Gasteiger partial charge in [0.2, 0.25) is 17.8 Å². The number of unbranched alkanes of at least 4 members (excludes halogenated alkanes) is 1. The van der Waals surface area contributed by atoms with E-state index in [1.54, 1.807) is 23.5 Å². The first-order valence-corrected chi connectivity index (χ1v) is 12.0. The van der Waals surface area contributed by atoms with E-state index in [9.17, 15) is 9.59 Å².